The van der Waals surface area contributed by atoms with Gasteiger partial charge in [-0.25, -0.2) is 0 Å². The Hall–Kier alpha value is -2.35. The summed E-state index contributed by atoms with van der Waals surface area (Å²) in [5, 5.41) is 0. The van der Waals surface area contributed by atoms with E-state index in [4.69, 9.17) is 4.74 Å². The van der Waals surface area contributed by atoms with Gasteiger partial charge in [0.05, 0.1) is 0 Å². The Morgan fingerprint density at radius 3 is 2.41 bits per heavy atom. The predicted octanol–water partition coefficient (Wildman–Crippen LogP) is 3.69. The van der Waals surface area contributed by atoms with Gasteiger partial charge < -0.3 is 4.74 Å². The maximum Gasteiger partial charge on any atom is 0.142 e. The number of benzene rings is 2. The minimum atomic E-state index is 0.754. The number of hydrogen-bond acceptors (Lipinski definition) is 2. The zero-order valence-electron chi connectivity index (χ0n) is 9.24. The molecule has 0 aliphatic carbocycles. The fraction of sp³-hybridized carbons (Fsp3) is 0. The molecule has 0 aliphatic rings. The average molecular weight is 224 g/mol. The Morgan fingerprint density at radius 2 is 1.65 bits per heavy atom. The molecule has 0 atom stereocenters. The van der Waals surface area contributed by atoms with Gasteiger partial charge in [0, 0.05) is 0 Å². The minimum Gasteiger partial charge on any atom is -0.457 e. The van der Waals surface area contributed by atoms with E-state index in [-0.39, 0.29) is 0 Å². The van der Waals surface area contributed by atoms with E-state index in [2.05, 4.69) is 0 Å². The first-order chi connectivity index (χ1) is 8.38. The molecule has 2 aromatic rings. The first kappa shape index (κ1) is 11.1. The Morgan fingerprint density at radius 1 is 0.882 bits per heavy atom. The Balaban J connectivity index is 2.16. The topological polar surface area (TPSA) is 26.3 Å². The van der Waals surface area contributed by atoms with Crippen molar-refractivity contribution in [3.63, 3.8) is 0 Å². The van der Waals surface area contributed by atoms with Crippen molar-refractivity contribution in [1.82, 2.24) is 0 Å². The molecule has 0 saturated carbocycles. The van der Waals surface area contributed by atoms with Gasteiger partial charge in [0.2, 0.25) is 0 Å². The van der Waals surface area contributed by atoms with Crippen molar-refractivity contribution < 1.29 is 9.53 Å². The van der Waals surface area contributed by atoms with E-state index in [1.807, 2.05) is 54.6 Å². The summed E-state index contributed by atoms with van der Waals surface area (Å²) in [6.07, 6.45) is 3.96. The van der Waals surface area contributed by atoms with Crippen LogP contribution >= 0.6 is 0 Å². The zero-order chi connectivity index (χ0) is 11.9. The van der Waals surface area contributed by atoms with Crippen molar-refractivity contribution in [2.75, 3.05) is 0 Å². The molecule has 17 heavy (non-hydrogen) atoms. The van der Waals surface area contributed by atoms with E-state index in [0.717, 1.165) is 23.3 Å². The average Bonchev–Trinajstić information content (AvgIpc) is 2.38. The summed E-state index contributed by atoms with van der Waals surface area (Å²) in [4.78, 5) is 10.2. The quantitative estimate of drug-likeness (QED) is 0.584. The number of ether oxygens (including phenoxy) is 1. The highest BCUT2D eigenvalue weighted by Crippen LogP contribution is 2.22. The van der Waals surface area contributed by atoms with Crippen LogP contribution in [-0.4, -0.2) is 6.29 Å². The Labute approximate surface area is 100 Å². The third kappa shape index (κ3) is 3.31. The van der Waals surface area contributed by atoms with E-state index in [0.29, 0.717) is 0 Å². The summed E-state index contributed by atoms with van der Waals surface area (Å²) in [5.74, 6) is 1.55. The van der Waals surface area contributed by atoms with E-state index in [1.165, 1.54) is 6.08 Å². The van der Waals surface area contributed by atoms with Crippen LogP contribution in [0.3, 0.4) is 0 Å². The third-order valence-electron chi connectivity index (χ3n) is 2.20. The molecule has 2 nitrogen and oxygen atoms in total. The second-order valence-corrected chi connectivity index (χ2v) is 3.48. The van der Waals surface area contributed by atoms with Crippen LogP contribution in [0.2, 0.25) is 0 Å². The first-order valence-electron chi connectivity index (χ1n) is 5.33. The van der Waals surface area contributed by atoms with Gasteiger partial charge in [0.1, 0.15) is 17.8 Å². The summed E-state index contributed by atoms with van der Waals surface area (Å²) >= 11 is 0. The molecular weight excluding hydrogens is 212 g/mol. The van der Waals surface area contributed by atoms with Gasteiger partial charge in [0.25, 0.3) is 0 Å². The molecule has 0 radical (unpaired) electrons. The lowest BCUT2D eigenvalue weighted by atomic mass is 10.2. The first-order valence-corrected chi connectivity index (χ1v) is 5.33. The molecule has 0 spiro atoms. The molecule has 84 valence electrons. The van der Waals surface area contributed by atoms with E-state index >= 15 is 0 Å². The molecule has 0 unspecified atom stereocenters. The van der Waals surface area contributed by atoms with Crippen LogP contribution in [0, 0.1) is 0 Å². The summed E-state index contributed by atoms with van der Waals surface area (Å²) in [5.41, 5.74) is 0.936. The molecule has 0 aromatic heterocycles. The smallest absolute Gasteiger partial charge is 0.142 e. The molecule has 2 aromatic carbocycles. The second kappa shape index (κ2) is 5.66. The van der Waals surface area contributed by atoms with Crippen LogP contribution in [0.4, 0.5) is 0 Å². The van der Waals surface area contributed by atoms with E-state index in [9.17, 15) is 4.79 Å². The summed E-state index contributed by atoms with van der Waals surface area (Å²) in [6.45, 7) is 0. The molecule has 0 N–H and O–H groups in total. The van der Waals surface area contributed by atoms with Gasteiger partial charge in [-0.15, -0.1) is 0 Å². The molecular formula is C15H12O2. The molecule has 0 aliphatic heterocycles. The lowest BCUT2D eigenvalue weighted by molar-refractivity contribution is -0.104. The molecule has 0 fully saturated rings. The van der Waals surface area contributed by atoms with Gasteiger partial charge in [-0.1, -0.05) is 36.4 Å². The molecule has 0 bridgehead atoms. The van der Waals surface area contributed by atoms with Crippen molar-refractivity contribution in [3.05, 3.63) is 66.2 Å². The molecule has 0 heterocycles. The van der Waals surface area contributed by atoms with E-state index < -0.39 is 0 Å². The molecule has 0 saturated heterocycles. The number of allylic oxidation sites excluding steroid dienone is 1. The third-order valence-corrected chi connectivity index (χ3v) is 2.20. The van der Waals surface area contributed by atoms with Gasteiger partial charge in [-0.3, -0.25) is 4.79 Å². The van der Waals surface area contributed by atoms with Crippen LogP contribution in [0.5, 0.6) is 11.5 Å². The summed E-state index contributed by atoms with van der Waals surface area (Å²) in [7, 11) is 0. The van der Waals surface area contributed by atoms with Crippen molar-refractivity contribution in [2.24, 2.45) is 0 Å². The van der Waals surface area contributed by atoms with Crippen LogP contribution in [0.25, 0.3) is 6.08 Å². The zero-order valence-corrected chi connectivity index (χ0v) is 9.24. The second-order valence-electron chi connectivity index (χ2n) is 3.48. The monoisotopic (exact) mass is 224 g/mol. The van der Waals surface area contributed by atoms with E-state index in [1.54, 1.807) is 6.08 Å². The number of para-hydroxylation sites is 1. The van der Waals surface area contributed by atoms with Crippen molar-refractivity contribution in [1.29, 1.82) is 0 Å². The van der Waals surface area contributed by atoms with Gasteiger partial charge in [0.15, 0.2) is 0 Å². The summed E-state index contributed by atoms with van der Waals surface area (Å²) < 4.78 is 5.68. The Kier molecular flexibility index (Phi) is 3.71. The lowest BCUT2D eigenvalue weighted by Crippen LogP contribution is -1.83. The number of carbonyl (C=O) groups is 1. The highest BCUT2D eigenvalue weighted by atomic mass is 16.5. The van der Waals surface area contributed by atoms with Crippen molar-refractivity contribution in [2.45, 2.75) is 0 Å². The van der Waals surface area contributed by atoms with Gasteiger partial charge >= 0.3 is 0 Å². The minimum absolute atomic E-state index is 0.754. The SMILES string of the molecule is O=CC=Cc1cccc(Oc2ccccc2)c1. The molecule has 2 heteroatoms. The number of carbonyl (C=O) groups excluding carboxylic acids is 1. The molecule has 2 rings (SSSR count). The largest absolute Gasteiger partial charge is 0.457 e. The van der Waals surface area contributed by atoms with Crippen LogP contribution in [0.1, 0.15) is 5.56 Å². The van der Waals surface area contributed by atoms with Crippen LogP contribution in [-0.2, 0) is 4.79 Å². The fourth-order valence-electron chi connectivity index (χ4n) is 1.46. The predicted molar refractivity (Wildman–Crippen MR) is 68.1 cm³/mol. The highest BCUT2D eigenvalue weighted by Gasteiger charge is 1.96. The Bertz CT molecular complexity index is 515. The van der Waals surface area contributed by atoms with Gasteiger partial charge in [-0.2, -0.15) is 0 Å². The maximum absolute atomic E-state index is 10.2. The van der Waals surface area contributed by atoms with Gasteiger partial charge in [-0.05, 0) is 35.9 Å². The number of aldehydes is 1. The molecule has 0 amide bonds. The van der Waals surface area contributed by atoms with Crippen molar-refractivity contribution in [3.8, 4) is 11.5 Å². The summed E-state index contributed by atoms with van der Waals surface area (Å²) in [6, 6.07) is 17.1. The standard InChI is InChI=1S/C15H12O2/c16-11-5-7-13-6-4-10-15(12-13)17-14-8-2-1-3-9-14/h1-12H. The fourth-order valence-corrected chi connectivity index (χ4v) is 1.46. The highest BCUT2D eigenvalue weighted by molar-refractivity contribution is 5.74. The normalized spacial score (nSPS) is 10.4. The van der Waals surface area contributed by atoms with Crippen LogP contribution in [0.15, 0.2) is 60.7 Å². The number of hydrogen-bond donors (Lipinski definition) is 0. The maximum atomic E-state index is 10.2. The van der Waals surface area contributed by atoms with Crippen LogP contribution < -0.4 is 4.74 Å². The lowest BCUT2D eigenvalue weighted by Gasteiger charge is -2.05. The number of rotatable bonds is 4. The van der Waals surface area contributed by atoms with Crippen molar-refractivity contribution >= 4 is 12.4 Å².